The lowest BCUT2D eigenvalue weighted by atomic mass is 10.3. The summed E-state index contributed by atoms with van der Waals surface area (Å²) < 4.78 is 0. The molecule has 0 heterocycles. The van der Waals surface area contributed by atoms with Crippen LogP contribution in [0.4, 0.5) is 5.69 Å². The molecule has 3 heteroatoms. The van der Waals surface area contributed by atoms with E-state index < -0.39 is 0 Å². The Kier molecular flexibility index (Phi) is 3.57. The van der Waals surface area contributed by atoms with Gasteiger partial charge in [0, 0.05) is 18.8 Å². The molecule has 0 saturated carbocycles. The molecule has 1 aromatic rings. The number of hydrogen-bond donors (Lipinski definition) is 2. The third-order valence-electron chi connectivity index (χ3n) is 1.74. The van der Waals surface area contributed by atoms with Crippen molar-refractivity contribution >= 4 is 5.69 Å². The SMILES string of the molecule is NCCN(CN)c1ccccc1. The van der Waals surface area contributed by atoms with Gasteiger partial charge in [0.15, 0.2) is 0 Å². The van der Waals surface area contributed by atoms with Crippen LogP contribution in [0.3, 0.4) is 0 Å². The van der Waals surface area contributed by atoms with Gasteiger partial charge in [-0.25, -0.2) is 0 Å². The van der Waals surface area contributed by atoms with Gasteiger partial charge in [-0.2, -0.15) is 0 Å². The van der Waals surface area contributed by atoms with E-state index in [2.05, 4.69) is 0 Å². The molecule has 0 amide bonds. The van der Waals surface area contributed by atoms with Crippen LogP contribution in [-0.2, 0) is 0 Å². The predicted octanol–water partition coefficient (Wildman–Crippen LogP) is 0.368. The van der Waals surface area contributed by atoms with Crippen molar-refractivity contribution < 1.29 is 0 Å². The summed E-state index contributed by atoms with van der Waals surface area (Å²) in [7, 11) is 0. The Hall–Kier alpha value is -1.06. The predicted molar refractivity (Wildman–Crippen MR) is 51.9 cm³/mol. The Morgan fingerprint density at radius 3 is 2.25 bits per heavy atom. The molecule has 0 atom stereocenters. The smallest absolute Gasteiger partial charge is 0.0657 e. The molecule has 0 bridgehead atoms. The third kappa shape index (κ3) is 2.22. The average Bonchev–Trinajstić information content (AvgIpc) is 2.15. The molecule has 0 saturated heterocycles. The van der Waals surface area contributed by atoms with Crippen molar-refractivity contribution in [1.82, 2.24) is 0 Å². The lowest BCUT2D eigenvalue weighted by Gasteiger charge is -2.21. The first-order valence-electron chi connectivity index (χ1n) is 4.08. The van der Waals surface area contributed by atoms with Crippen LogP contribution in [0, 0.1) is 0 Å². The average molecular weight is 165 g/mol. The van der Waals surface area contributed by atoms with Gasteiger partial charge in [-0.05, 0) is 12.1 Å². The van der Waals surface area contributed by atoms with Crippen LogP contribution in [0.2, 0.25) is 0 Å². The summed E-state index contributed by atoms with van der Waals surface area (Å²) >= 11 is 0. The topological polar surface area (TPSA) is 55.3 Å². The number of anilines is 1. The Morgan fingerprint density at radius 1 is 1.08 bits per heavy atom. The van der Waals surface area contributed by atoms with Crippen molar-refractivity contribution in [2.24, 2.45) is 11.5 Å². The second-order valence-corrected chi connectivity index (χ2v) is 2.57. The van der Waals surface area contributed by atoms with Gasteiger partial charge < -0.3 is 16.4 Å². The number of nitrogens with two attached hydrogens (primary N) is 2. The quantitative estimate of drug-likeness (QED) is 0.634. The van der Waals surface area contributed by atoms with E-state index in [1.165, 1.54) is 0 Å². The summed E-state index contributed by atoms with van der Waals surface area (Å²) in [5.74, 6) is 0. The van der Waals surface area contributed by atoms with Gasteiger partial charge in [0.25, 0.3) is 0 Å². The van der Waals surface area contributed by atoms with Crippen LogP contribution in [0.1, 0.15) is 0 Å². The van der Waals surface area contributed by atoms with E-state index in [4.69, 9.17) is 11.5 Å². The standard InChI is InChI=1S/C9H15N3/c10-6-7-12(8-11)9-4-2-1-3-5-9/h1-5H,6-8,10-11H2. The molecule has 0 spiro atoms. The van der Waals surface area contributed by atoms with Crippen molar-refractivity contribution in [3.8, 4) is 0 Å². The first-order valence-corrected chi connectivity index (χ1v) is 4.08. The van der Waals surface area contributed by atoms with Gasteiger partial charge in [-0.15, -0.1) is 0 Å². The molecule has 0 radical (unpaired) electrons. The van der Waals surface area contributed by atoms with Gasteiger partial charge in [0.05, 0.1) is 6.67 Å². The second kappa shape index (κ2) is 4.74. The number of para-hydroxylation sites is 1. The summed E-state index contributed by atoms with van der Waals surface area (Å²) in [6.45, 7) is 1.95. The lowest BCUT2D eigenvalue weighted by molar-refractivity contribution is 0.800. The molecule has 0 aliphatic carbocycles. The maximum Gasteiger partial charge on any atom is 0.0657 e. The largest absolute Gasteiger partial charge is 0.358 e. The molecule has 12 heavy (non-hydrogen) atoms. The molecule has 3 nitrogen and oxygen atoms in total. The molecule has 0 aliphatic rings. The van der Waals surface area contributed by atoms with Gasteiger partial charge >= 0.3 is 0 Å². The van der Waals surface area contributed by atoms with Gasteiger partial charge in [-0.3, -0.25) is 0 Å². The van der Waals surface area contributed by atoms with Crippen LogP contribution in [-0.4, -0.2) is 19.8 Å². The molecule has 4 N–H and O–H groups in total. The highest BCUT2D eigenvalue weighted by atomic mass is 15.2. The molecule has 0 aliphatic heterocycles. The minimum atomic E-state index is 0.515. The van der Waals surface area contributed by atoms with Crippen LogP contribution < -0.4 is 16.4 Å². The van der Waals surface area contributed by atoms with Gasteiger partial charge in [-0.1, -0.05) is 18.2 Å². The van der Waals surface area contributed by atoms with Crippen LogP contribution in [0.25, 0.3) is 0 Å². The lowest BCUT2D eigenvalue weighted by Crippen LogP contribution is -2.34. The van der Waals surface area contributed by atoms with Crippen molar-refractivity contribution in [2.45, 2.75) is 0 Å². The van der Waals surface area contributed by atoms with E-state index in [0.29, 0.717) is 13.2 Å². The maximum absolute atomic E-state index is 5.56. The molecule has 0 aromatic heterocycles. The molecule has 0 fully saturated rings. The normalized spacial score (nSPS) is 9.83. The van der Waals surface area contributed by atoms with E-state index in [1.807, 2.05) is 35.2 Å². The minimum Gasteiger partial charge on any atom is -0.358 e. The van der Waals surface area contributed by atoms with E-state index in [1.54, 1.807) is 0 Å². The summed E-state index contributed by atoms with van der Waals surface area (Å²) in [6.07, 6.45) is 0. The molecular formula is C9H15N3. The number of benzene rings is 1. The van der Waals surface area contributed by atoms with E-state index in [-0.39, 0.29) is 0 Å². The van der Waals surface area contributed by atoms with E-state index >= 15 is 0 Å². The highest BCUT2D eigenvalue weighted by Gasteiger charge is 2.00. The molecule has 0 unspecified atom stereocenters. The van der Waals surface area contributed by atoms with Crippen LogP contribution >= 0.6 is 0 Å². The highest BCUT2D eigenvalue weighted by Crippen LogP contribution is 2.10. The van der Waals surface area contributed by atoms with Crippen LogP contribution in [0.5, 0.6) is 0 Å². The van der Waals surface area contributed by atoms with Gasteiger partial charge in [0.2, 0.25) is 0 Å². The van der Waals surface area contributed by atoms with Crippen molar-refractivity contribution in [2.75, 3.05) is 24.7 Å². The fraction of sp³-hybridized carbons (Fsp3) is 0.333. The van der Waals surface area contributed by atoms with Crippen molar-refractivity contribution in [3.63, 3.8) is 0 Å². The summed E-state index contributed by atoms with van der Waals surface area (Å²) in [4.78, 5) is 2.04. The number of hydrogen-bond acceptors (Lipinski definition) is 3. The van der Waals surface area contributed by atoms with E-state index in [9.17, 15) is 0 Å². The highest BCUT2D eigenvalue weighted by molar-refractivity contribution is 5.45. The third-order valence-corrected chi connectivity index (χ3v) is 1.74. The molecule has 1 rings (SSSR count). The van der Waals surface area contributed by atoms with Crippen molar-refractivity contribution in [3.05, 3.63) is 30.3 Å². The first kappa shape index (κ1) is 9.03. The number of nitrogens with zero attached hydrogens (tertiary/aromatic N) is 1. The second-order valence-electron chi connectivity index (χ2n) is 2.57. The number of rotatable bonds is 4. The fourth-order valence-electron chi connectivity index (χ4n) is 1.12. The maximum atomic E-state index is 5.56. The monoisotopic (exact) mass is 165 g/mol. The Bertz CT molecular complexity index is 210. The first-order chi connectivity index (χ1) is 5.88. The summed E-state index contributed by atoms with van der Waals surface area (Å²) in [5.41, 5.74) is 12.1. The van der Waals surface area contributed by atoms with Crippen LogP contribution in [0.15, 0.2) is 30.3 Å². The molecular weight excluding hydrogens is 150 g/mol. The zero-order valence-electron chi connectivity index (χ0n) is 7.11. The minimum absolute atomic E-state index is 0.515. The zero-order chi connectivity index (χ0) is 8.81. The fourth-order valence-corrected chi connectivity index (χ4v) is 1.12. The Morgan fingerprint density at radius 2 is 1.75 bits per heavy atom. The molecule has 1 aromatic carbocycles. The summed E-state index contributed by atoms with van der Waals surface area (Å²) in [6, 6.07) is 10.0. The van der Waals surface area contributed by atoms with Crippen molar-refractivity contribution in [1.29, 1.82) is 0 Å². The zero-order valence-corrected chi connectivity index (χ0v) is 7.11. The summed E-state index contributed by atoms with van der Waals surface area (Å²) in [5, 5.41) is 0. The van der Waals surface area contributed by atoms with E-state index in [0.717, 1.165) is 12.2 Å². The molecule has 66 valence electrons. The van der Waals surface area contributed by atoms with Gasteiger partial charge in [0.1, 0.15) is 0 Å². The Balaban J connectivity index is 2.66. The Labute approximate surface area is 73.0 Å².